The number of alkyl halides is 3. The maximum atomic E-state index is 12.7. The number of rotatable bonds is 3. The Morgan fingerprint density at radius 1 is 1.30 bits per heavy atom. The van der Waals surface area contributed by atoms with E-state index in [4.69, 9.17) is 0 Å². The normalized spacial score (nSPS) is 21.7. The number of aromatic nitrogens is 1. The molecule has 2 heterocycles. The van der Waals surface area contributed by atoms with Crippen molar-refractivity contribution in [3.05, 3.63) is 17.7 Å². The molecule has 0 spiro atoms. The molecule has 1 aliphatic heterocycles. The molecule has 1 aromatic rings. The molecule has 20 heavy (non-hydrogen) atoms. The summed E-state index contributed by atoms with van der Waals surface area (Å²) in [6.07, 6.45) is -4.11. The lowest BCUT2D eigenvalue weighted by Gasteiger charge is -2.15. The summed E-state index contributed by atoms with van der Waals surface area (Å²) in [6.45, 7) is 0. The number of pyridine rings is 1. The summed E-state index contributed by atoms with van der Waals surface area (Å²) in [5.74, 6) is 0.0527. The van der Waals surface area contributed by atoms with E-state index >= 15 is 0 Å². The maximum absolute atomic E-state index is 12.7. The van der Waals surface area contributed by atoms with Crippen LogP contribution in [0.5, 0.6) is 0 Å². The lowest BCUT2D eigenvalue weighted by molar-refractivity contribution is -0.137. The minimum absolute atomic E-state index is 0.0197. The van der Waals surface area contributed by atoms with Gasteiger partial charge in [-0.1, -0.05) is 0 Å². The minimum atomic E-state index is -4.48. The van der Waals surface area contributed by atoms with E-state index < -0.39 is 27.6 Å². The van der Waals surface area contributed by atoms with Crippen molar-refractivity contribution in [2.75, 3.05) is 29.2 Å². The number of hydrogen-bond donors (Lipinski definition) is 2. The van der Waals surface area contributed by atoms with Gasteiger partial charge in [-0.3, -0.25) is 0 Å². The Morgan fingerprint density at radius 3 is 2.45 bits per heavy atom. The predicted octanol–water partition coefficient (Wildman–Crippen LogP) is 1.74. The second-order valence-electron chi connectivity index (χ2n) is 4.62. The molecule has 0 bridgehead atoms. The summed E-state index contributed by atoms with van der Waals surface area (Å²) in [6, 6.07) is 1.38. The van der Waals surface area contributed by atoms with Crippen molar-refractivity contribution >= 4 is 21.5 Å². The van der Waals surface area contributed by atoms with Gasteiger partial charge in [-0.25, -0.2) is 13.4 Å². The Balaban J connectivity index is 2.23. The summed E-state index contributed by atoms with van der Waals surface area (Å²) in [5, 5.41) is 5.31. The number of halogens is 3. The first kappa shape index (κ1) is 14.9. The molecule has 2 rings (SSSR count). The lowest BCUT2D eigenvalue weighted by Crippen LogP contribution is -2.22. The predicted molar refractivity (Wildman–Crippen MR) is 69.5 cm³/mol. The highest BCUT2D eigenvalue weighted by Crippen LogP contribution is 2.32. The summed E-state index contributed by atoms with van der Waals surface area (Å²) < 4.78 is 60.9. The summed E-state index contributed by atoms with van der Waals surface area (Å²) in [4.78, 5) is 3.96. The molecule has 1 atom stereocenters. The molecule has 9 heteroatoms. The van der Waals surface area contributed by atoms with E-state index in [9.17, 15) is 21.6 Å². The average Bonchev–Trinajstić information content (AvgIpc) is 2.67. The first-order valence-electron chi connectivity index (χ1n) is 5.93. The second-order valence-corrected chi connectivity index (χ2v) is 6.85. The molecule has 1 fully saturated rings. The van der Waals surface area contributed by atoms with Crippen LogP contribution in [0.15, 0.2) is 12.1 Å². The number of nitrogens with one attached hydrogen (secondary N) is 2. The van der Waals surface area contributed by atoms with Gasteiger partial charge in [0.2, 0.25) is 0 Å². The Kier molecular flexibility index (Phi) is 3.81. The van der Waals surface area contributed by atoms with Gasteiger partial charge in [0, 0.05) is 13.1 Å². The molecule has 5 nitrogen and oxygen atoms in total. The van der Waals surface area contributed by atoms with E-state index in [1.54, 1.807) is 0 Å². The van der Waals surface area contributed by atoms with E-state index in [1.807, 2.05) is 0 Å². The Bertz CT molecular complexity index is 601. The Labute approximate surface area is 114 Å². The number of sulfone groups is 1. The van der Waals surface area contributed by atoms with E-state index in [0.29, 0.717) is 6.42 Å². The fraction of sp³-hybridized carbons (Fsp3) is 0.545. The zero-order valence-corrected chi connectivity index (χ0v) is 11.5. The standard InChI is InChI=1S/C11H14F3N3O2S/c1-15-9-4-7(11(12,13)14)5-10(17-9)16-8-2-3-20(18,19)6-8/h4-5,8H,2-3,6H2,1H3,(H2,15,16,17). The van der Waals surface area contributed by atoms with Crippen LogP contribution in [0, 0.1) is 0 Å². The van der Waals surface area contributed by atoms with Gasteiger partial charge in [-0.05, 0) is 18.6 Å². The van der Waals surface area contributed by atoms with Crippen molar-refractivity contribution in [3.8, 4) is 0 Å². The fourth-order valence-corrected chi connectivity index (χ4v) is 3.69. The highest BCUT2D eigenvalue weighted by atomic mass is 32.2. The van der Waals surface area contributed by atoms with Crippen LogP contribution < -0.4 is 10.6 Å². The molecule has 0 amide bonds. The first-order chi connectivity index (χ1) is 9.19. The third-order valence-electron chi connectivity index (χ3n) is 2.99. The van der Waals surface area contributed by atoms with Crippen molar-refractivity contribution in [2.24, 2.45) is 0 Å². The summed E-state index contributed by atoms with van der Waals surface area (Å²) in [7, 11) is -1.63. The summed E-state index contributed by atoms with van der Waals surface area (Å²) >= 11 is 0. The lowest BCUT2D eigenvalue weighted by atomic mass is 10.2. The topological polar surface area (TPSA) is 71.1 Å². The van der Waals surface area contributed by atoms with Crippen LogP contribution in [-0.4, -0.2) is 38.0 Å². The van der Waals surface area contributed by atoms with Gasteiger partial charge >= 0.3 is 6.18 Å². The number of nitrogens with zero attached hydrogens (tertiary/aromatic N) is 1. The zero-order valence-electron chi connectivity index (χ0n) is 10.7. The third-order valence-corrected chi connectivity index (χ3v) is 4.76. The van der Waals surface area contributed by atoms with Gasteiger partial charge in [0.15, 0.2) is 9.84 Å². The molecule has 0 aromatic carbocycles. The van der Waals surface area contributed by atoms with Crippen molar-refractivity contribution < 1.29 is 21.6 Å². The molecule has 2 N–H and O–H groups in total. The maximum Gasteiger partial charge on any atom is 0.416 e. The SMILES string of the molecule is CNc1cc(C(F)(F)F)cc(NC2CCS(=O)(=O)C2)n1. The van der Waals surface area contributed by atoms with Crippen LogP contribution in [0.25, 0.3) is 0 Å². The van der Waals surface area contributed by atoms with Crippen molar-refractivity contribution in [2.45, 2.75) is 18.6 Å². The van der Waals surface area contributed by atoms with E-state index in [2.05, 4.69) is 15.6 Å². The third kappa shape index (κ3) is 3.53. The minimum Gasteiger partial charge on any atom is -0.373 e. The molecule has 1 saturated heterocycles. The quantitative estimate of drug-likeness (QED) is 0.890. The average molecular weight is 309 g/mol. The zero-order chi connectivity index (χ0) is 15.0. The van der Waals surface area contributed by atoms with Crippen molar-refractivity contribution in [3.63, 3.8) is 0 Å². The van der Waals surface area contributed by atoms with Gasteiger partial charge in [-0.15, -0.1) is 0 Å². The van der Waals surface area contributed by atoms with E-state index in [1.165, 1.54) is 7.05 Å². The largest absolute Gasteiger partial charge is 0.416 e. The van der Waals surface area contributed by atoms with Crippen molar-refractivity contribution in [1.82, 2.24) is 4.98 Å². The van der Waals surface area contributed by atoms with Gasteiger partial charge in [0.25, 0.3) is 0 Å². The van der Waals surface area contributed by atoms with Crippen molar-refractivity contribution in [1.29, 1.82) is 0 Å². The highest BCUT2D eigenvalue weighted by molar-refractivity contribution is 7.91. The summed E-state index contributed by atoms with van der Waals surface area (Å²) in [5.41, 5.74) is -0.833. The second kappa shape index (κ2) is 5.12. The number of hydrogen-bond acceptors (Lipinski definition) is 5. The first-order valence-corrected chi connectivity index (χ1v) is 7.76. The van der Waals surface area contributed by atoms with Gasteiger partial charge in [0.05, 0.1) is 17.1 Å². The number of anilines is 2. The molecule has 1 aromatic heterocycles. The molecule has 1 aliphatic rings. The molecular weight excluding hydrogens is 295 g/mol. The Morgan fingerprint density at radius 2 is 1.95 bits per heavy atom. The Hall–Kier alpha value is -1.51. The van der Waals surface area contributed by atoms with Gasteiger partial charge in [0.1, 0.15) is 11.6 Å². The molecule has 0 radical (unpaired) electrons. The van der Waals surface area contributed by atoms with Crippen LogP contribution in [-0.2, 0) is 16.0 Å². The molecule has 112 valence electrons. The monoisotopic (exact) mass is 309 g/mol. The van der Waals surface area contributed by atoms with Crippen LogP contribution >= 0.6 is 0 Å². The highest BCUT2D eigenvalue weighted by Gasteiger charge is 2.33. The van der Waals surface area contributed by atoms with Crippen LogP contribution in [0.1, 0.15) is 12.0 Å². The van der Waals surface area contributed by atoms with Gasteiger partial charge < -0.3 is 10.6 Å². The molecule has 0 saturated carbocycles. The fourth-order valence-electron chi connectivity index (χ4n) is 2.01. The van der Waals surface area contributed by atoms with Crippen LogP contribution in [0.2, 0.25) is 0 Å². The van der Waals surface area contributed by atoms with Crippen LogP contribution in [0.3, 0.4) is 0 Å². The molecule has 0 aliphatic carbocycles. The van der Waals surface area contributed by atoms with E-state index in [-0.39, 0.29) is 23.1 Å². The molecule has 1 unspecified atom stereocenters. The smallest absolute Gasteiger partial charge is 0.373 e. The molecular formula is C11H14F3N3O2S. The van der Waals surface area contributed by atoms with E-state index in [0.717, 1.165) is 12.1 Å². The van der Waals surface area contributed by atoms with Crippen LogP contribution in [0.4, 0.5) is 24.8 Å². The van der Waals surface area contributed by atoms with Gasteiger partial charge in [-0.2, -0.15) is 13.2 Å².